The number of hydrogen-bond acceptors (Lipinski definition) is 2. The van der Waals surface area contributed by atoms with Crippen LogP contribution in [-0.4, -0.2) is 9.97 Å². The highest BCUT2D eigenvalue weighted by Gasteiger charge is 2.27. The molecule has 2 aromatic rings. The lowest BCUT2D eigenvalue weighted by atomic mass is 9.96. The fourth-order valence-electron chi connectivity index (χ4n) is 3.19. The highest BCUT2D eigenvalue weighted by Crippen LogP contribution is 2.43. The molecule has 1 heterocycles. The van der Waals surface area contributed by atoms with E-state index in [1.807, 2.05) is 6.07 Å². The molecule has 0 saturated heterocycles. The predicted molar refractivity (Wildman–Crippen MR) is 78.9 cm³/mol. The van der Waals surface area contributed by atoms with Crippen molar-refractivity contribution in [2.75, 3.05) is 0 Å². The first kappa shape index (κ1) is 11.9. The van der Waals surface area contributed by atoms with E-state index in [2.05, 4.69) is 23.2 Å². The van der Waals surface area contributed by atoms with E-state index in [1.165, 1.54) is 18.4 Å². The molecule has 3 nitrogen and oxygen atoms in total. The molecular formula is C17H18N2O. The van der Waals surface area contributed by atoms with Crippen molar-refractivity contribution in [1.82, 2.24) is 9.97 Å². The number of hydrogen-bond donors (Lipinski definition) is 1. The van der Waals surface area contributed by atoms with Crippen molar-refractivity contribution in [3.63, 3.8) is 0 Å². The lowest BCUT2D eigenvalue weighted by molar-refractivity contribution is 0.657. The van der Waals surface area contributed by atoms with E-state index in [1.54, 1.807) is 0 Å². The summed E-state index contributed by atoms with van der Waals surface area (Å²) >= 11 is 0. The molecule has 0 unspecified atom stereocenters. The summed E-state index contributed by atoms with van der Waals surface area (Å²) in [4.78, 5) is 20.0. The summed E-state index contributed by atoms with van der Waals surface area (Å²) in [6.45, 7) is 0. The summed E-state index contributed by atoms with van der Waals surface area (Å²) < 4.78 is 0. The third kappa shape index (κ3) is 1.98. The van der Waals surface area contributed by atoms with Crippen molar-refractivity contribution in [1.29, 1.82) is 0 Å². The number of benzene rings is 1. The van der Waals surface area contributed by atoms with Crippen LogP contribution in [0.25, 0.3) is 11.4 Å². The van der Waals surface area contributed by atoms with E-state index in [0.717, 1.165) is 48.3 Å². The summed E-state index contributed by atoms with van der Waals surface area (Å²) in [6, 6.07) is 8.36. The molecule has 1 N–H and O–H groups in total. The average Bonchev–Trinajstić information content (AvgIpc) is 3.32. The van der Waals surface area contributed by atoms with Gasteiger partial charge in [0.15, 0.2) is 0 Å². The van der Waals surface area contributed by atoms with E-state index in [0.29, 0.717) is 5.92 Å². The molecule has 0 bridgehead atoms. The van der Waals surface area contributed by atoms with Crippen LogP contribution >= 0.6 is 0 Å². The average molecular weight is 266 g/mol. The summed E-state index contributed by atoms with van der Waals surface area (Å²) in [6.07, 6.45) is 6.58. The molecule has 4 rings (SSSR count). The predicted octanol–water partition coefficient (Wildman–Crippen LogP) is 3.19. The van der Waals surface area contributed by atoms with Crippen molar-refractivity contribution in [2.24, 2.45) is 0 Å². The van der Waals surface area contributed by atoms with Crippen LogP contribution in [0.15, 0.2) is 29.1 Å². The number of nitrogens with zero attached hydrogens (tertiary/aromatic N) is 1. The topological polar surface area (TPSA) is 45.8 Å². The number of rotatable bonds is 2. The zero-order valence-corrected chi connectivity index (χ0v) is 11.5. The monoisotopic (exact) mass is 266 g/mol. The van der Waals surface area contributed by atoms with Gasteiger partial charge >= 0.3 is 0 Å². The second kappa shape index (κ2) is 4.58. The number of aryl methyl sites for hydroxylation is 1. The minimum absolute atomic E-state index is 0.0651. The van der Waals surface area contributed by atoms with Gasteiger partial charge in [-0.1, -0.05) is 24.3 Å². The fourth-order valence-corrected chi connectivity index (χ4v) is 3.19. The third-order valence-corrected chi connectivity index (χ3v) is 4.42. The van der Waals surface area contributed by atoms with Crippen molar-refractivity contribution >= 4 is 0 Å². The van der Waals surface area contributed by atoms with Crippen LogP contribution in [-0.2, 0) is 12.8 Å². The van der Waals surface area contributed by atoms with Crippen molar-refractivity contribution in [3.8, 4) is 11.4 Å². The molecule has 1 aromatic carbocycles. The second-order valence-electron chi connectivity index (χ2n) is 5.91. The summed E-state index contributed by atoms with van der Waals surface area (Å²) in [5.74, 6) is 1.42. The van der Waals surface area contributed by atoms with Crippen molar-refractivity contribution in [3.05, 3.63) is 51.4 Å². The van der Waals surface area contributed by atoms with Crippen molar-refractivity contribution in [2.45, 2.75) is 44.4 Å². The van der Waals surface area contributed by atoms with Crippen molar-refractivity contribution < 1.29 is 0 Å². The molecule has 2 aliphatic rings. The van der Waals surface area contributed by atoms with Gasteiger partial charge < -0.3 is 4.98 Å². The molecule has 102 valence electrons. The van der Waals surface area contributed by atoms with Crippen LogP contribution in [0.2, 0.25) is 0 Å². The van der Waals surface area contributed by atoms with E-state index in [9.17, 15) is 4.79 Å². The maximum absolute atomic E-state index is 12.3. The molecule has 3 heteroatoms. The molecule has 2 aliphatic carbocycles. The fraction of sp³-hybridized carbons (Fsp3) is 0.412. The number of fused-ring (bicyclic) bond motifs is 1. The molecule has 1 aromatic heterocycles. The Balaban J connectivity index is 1.87. The van der Waals surface area contributed by atoms with Crippen LogP contribution in [0.3, 0.4) is 0 Å². The first-order chi connectivity index (χ1) is 9.83. The van der Waals surface area contributed by atoms with Gasteiger partial charge in [-0.25, -0.2) is 4.98 Å². The van der Waals surface area contributed by atoms with Gasteiger partial charge in [0.05, 0.1) is 5.69 Å². The first-order valence-corrected chi connectivity index (χ1v) is 7.54. The summed E-state index contributed by atoms with van der Waals surface area (Å²) in [5.41, 5.74) is 4.44. The van der Waals surface area contributed by atoms with E-state index >= 15 is 0 Å². The van der Waals surface area contributed by atoms with Gasteiger partial charge in [0.2, 0.25) is 0 Å². The molecule has 0 spiro atoms. The Bertz CT molecular complexity index is 713. The standard InChI is InChI=1S/C17H18N2O/c20-17-14-7-3-4-8-15(14)18-16(19-17)13-6-2-1-5-12(13)11-9-10-11/h1-2,5-6,11H,3-4,7-10H2,(H,18,19,20). The number of nitrogens with one attached hydrogen (secondary N) is 1. The summed E-state index contributed by atoms with van der Waals surface area (Å²) in [5, 5.41) is 0. The Hall–Kier alpha value is -1.90. The van der Waals surface area contributed by atoms with E-state index in [-0.39, 0.29) is 5.56 Å². The largest absolute Gasteiger partial charge is 0.306 e. The molecule has 0 atom stereocenters. The van der Waals surface area contributed by atoms with E-state index in [4.69, 9.17) is 4.98 Å². The smallest absolute Gasteiger partial charge is 0.254 e. The molecule has 1 saturated carbocycles. The molecule has 0 radical (unpaired) electrons. The van der Waals surface area contributed by atoms with Crippen LogP contribution in [0, 0.1) is 0 Å². The highest BCUT2D eigenvalue weighted by atomic mass is 16.1. The number of aromatic amines is 1. The van der Waals surface area contributed by atoms with E-state index < -0.39 is 0 Å². The Morgan fingerprint density at radius 2 is 1.90 bits per heavy atom. The maximum atomic E-state index is 12.3. The minimum Gasteiger partial charge on any atom is -0.306 e. The molecule has 1 fully saturated rings. The second-order valence-corrected chi connectivity index (χ2v) is 5.91. The Kier molecular flexibility index (Phi) is 2.72. The maximum Gasteiger partial charge on any atom is 0.254 e. The zero-order valence-electron chi connectivity index (χ0n) is 11.5. The van der Waals surface area contributed by atoms with Gasteiger partial charge in [-0.05, 0) is 50.0 Å². The molecule has 0 amide bonds. The van der Waals surface area contributed by atoms with Gasteiger partial charge in [0, 0.05) is 11.1 Å². The van der Waals surface area contributed by atoms with Gasteiger partial charge in [-0.2, -0.15) is 0 Å². The Labute approximate surface area is 118 Å². The van der Waals surface area contributed by atoms with Gasteiger partial charge in [-0.15, -0.1) is 0 Å². The molecule has 20 heavy (non-hydrogen) atoms. The van der Waals surface area contributed by atoms with Gasteiger partial charge in [-0.3, -0.25) is 4.79 Å². The first-order valence-electron chi connectivity index (χ1n) is 7.54. The van der Waals surface area contributed by atoms with Gasteiger partial charge in [0.1, 0.15) is 5.82 Å². The minimum atomic E-state index is 0.0651. The normalized spacial score (nSPS) is 17.8. The summed E-state index contributed by atoms with van der Waals surface area (Å²) in [7, 11) is 0. The Morgan fingerprint density at radius 3 is 2.75 bits per heavy atom. The number of aromatic nitrogens is 2. The van der Waals surface area contributed by atoms with Crippen LogP contribution in [0.4, 0.5) is 0 Å². The lowest BCUT2D eigenvalue weighted by Gasteiger charge is -2.15. The molecular weight excluding hydrogens is 248 g/mol. The van der Waals surface area contributed by atoms with Crippen LogP contribution in [0.5, 0.6) is 0 Å². The van der Waals surface area contributed by atoms with Crippen LogP contribution < -0.4 is 5.56 Å². The van der Waals surface area contributed by atoms with Gasteiger partial charge in [0.25, 0.3) is 5.56 Å². The van der Waals surface area contributed by atoms with Crippen LogP contribution in [0.1, 0.15) is 48.4 Å². The number of H-pyrrole nitrogens is 1. The Morgan fingerprint density at radius 1 is 1.10 bits per heavy atom. The SMILES string of the molecule is O=c1[nH]c(-c2ccccc2C2CC2)nc2c1CCCC2. The quantitative estimate of drug-likeness (QED) is 0.907. The third-order valence-electron chi connectivity index (χ3n) is 4.42. The zero-order chi connectivity index (χ0) is 13.5. The lowest BCUT2D eigenvalue weighted by Crippen LogP contribution is -2.21. The highest BCUT2D eigenvalue weighted by molar-refractivity contribution is 5.62. The molecule has 0 aliphatic heterocycles.